The highest BCUT2D eigenvalue weighted by Gasteiger charge is 2.15. The third-order valence-electron chi connectivity index (χ3n) is 5.43. The Hall–Kier alpha value is -2.79. The molecule has 29 heavy (non-hydrogen) atoms. The average Bonchev–Trinajstić information content (AvgIpc) is 2.75. The zero-order valence-corrected chi connectivity index (χ0v) is 17.6. The van der Waals surface area contributed by atoms with E-state index in [2.05, 4.69) is 36.9 Å². The lowest BCUT2D eigenvalue weighted by Gasteiger charge is -2.29. The number of hydrogen-bond donors (Lipinski definition) is 0. The smallest absolute Gasteiger partial charge is 0.161 e. The number of aryl methyl sites for hydroxylation is 2. The summed E-state index contributed by atoms with van der Waals surface area (Å²) in [7, 11) is 1.66. The van der Waals surface area contributed by atoms with Gasteiger partial charge in [0.25, 0.3) is 0 Å². The average molecular weight is 392 g/mol. The molecular formula is C24H28N2O3. The van der Waals surface area contributed by atoms with Crippen molar-refractivity contribution in [1.82, 2.24) is 4.98 Å². The highest BCUT2D eigenvalue weighted by molar-refractivity contribution is 5.90. The van der Waals surface area contributed by atoms with Crippen molar-refractivity contribution in [2.24, 2.45) is 0 Å². The lowest BCUT2D eigenvalue weighted by molar-refractivity contribution is 0.122. The molecule has 0 N–H and O–H groups in total. The molecule has 5 heteroatoms. The van der Waals surface area contributed by atoms with E-state index in [1.165, 1.54) is 22.2 Å². The number of pyridine rings is 1. The van der Waals surface area contributed by atoms with E-state index in [-0.39, 0.29) is 0 Å². The molecular weight excluding hydrogens is 364 g/mol. The Bertz CT molecular complexity index is 1030. The topological polar surface area (TPSA) is 43.8 Å². The van der Waals surface area contributed by atoms with Crippen molar-refractivity contribution in [3.63, 3.8) is 0 Å². The number of ether oxygens (including phenoxy) is 3. The van der Waals surface area contributed by atoms with Crippen LogP contribution in [0.1, 0.15) is 18.1 Å². The van der Waals surface area contributed by atoms with E-state index in [9.17, 15) is 0 Å². The van der Waals surface area contributed by atoms with E-state index in [0.717, 1.165) is 54.6 Å². The first-order valence-corrected chi connectivity index (χ1v) is 10.2. The van der Waals surface area contributed by atoms with Crippen LogP contribution >= 0.6 is 0 Å². The van der Waals surface area contributed by atoms with Crippen LogP contribution in [0.2, 0.25) is 0 Å². The van der Waals surface area contributed by atoms with Gasteiger partial charge in [-0.05, 0) is 68.3 Å². The van der Waals surface area contributed by atoms with Gasteiger partial charge in [-0.2, -0.15) is 0 Å². The summed E-state index contributed by atoms with van der Waals surface area (Å²) < 4.78 is 16.7. The van der Waals surface area contributed by atoms with Gasteiger partial charge in [0.1, 0.15) is 0 Å². The van der Waals surface area contributed by atoms with Gasteiger partial charge in [0.15, 0.2) is 11.5 Å². The van der Waals surface area contributed by atoms with Crippen LogP contribution in [0.25, 0.3) is 22.2 Å². The number of rotatable bonds is 5. The summed E-state index contributed by atoms with van der Waals surface area (Å²) in [5.41, 5.74) is 6.67. The van der Waals surface area contributed by atoms with Crippen LogP contribution in [-0.4, -0.2) is 45.0 Å². The third kappa shape index (κ3) is 3.87. The molecule has 2 heterocycles. The molecule has 1 aliphatic heterocycles. The van der Waals surface area contributed by atoms with Crippen molar-refractivity contribution in [1.29, 1.82) is 0 Å². The van der Waals surface area contributed by atoms with Crippen LogP contribution in [0.3, 0.4) is 0 Å². The van der Waals surface area contributed by atoms with Gasteiger partial charge < -0.3 is 19.1 Å². The van der Waals surface area contributed by atoms with E-state index >= 15 is 0 Å². The van der Waals surface area contributed by atoms with E-state index in [1.54, 1.807) is 7.11 Å². The van der Waals surface area contributed by atoms with Crippen LogP contribution in [0.4, 0.5) is 5.69 Å². The minimum Gasteiger partial charge on any atom is -0.493 e. The first-order chi connectivity index (χ1) is 14.1. The summed E-state index contributed by atoms with van der Waals surface area (Å²) in [5.74, 6) is 1.48. The van der Waals surface area contributed by atoms with Crippen LogP contribution in [0.5, 0.6) is 11.5 Å². The van der Waals surface area contributed by atoms with Crippen molar-refractivity contribution in [3.8, 4) is 22.8 Å². The molecule has 1 aliphatic rings. The Balaban J connectivity index is 1.78. The van der Waals surface area contributed by atoms with Crippen LogP contribution in [0, 0.1) is 13.8 Å². The molecule has 3 aromatic rings. The lowest BCUT2D eigenvalue weighted by Crippen LogP contribution is -2.36. The second-order valence-corrected chi connectivity index (χ2v) is 7.38. The molecule has 0 unspecified atom stereocenters. The molecule has 1 fully saturated rings. The summed E-state index contributed by atoms with van der Waals surface area (Å²) >= 11 is 0. The van der Waals surface area contributed by atoms with Gasteiger partial charge in [-0.1, -0.05) is 0 Å². The molecule has 0 spiro atoms. The normalized spacial score (nSPS) is 14.3. The van der Waals surface area contributed by atoms with Crippen molar-refractivity contribution >= 4 is 16.6 Å². The minimum atomic E-state index is 0.591. The maximum Gasteiger partial charge on any atom is 0.161 e. The predicted octanol–water partition coefficient (Wildman–Crippen LogP) is 4.76. The molecule has 152 valence electrons. The van der Waals surface area contributed by atoms with Crippen molar-refractivity contribution in [2.75, 3.05) is 44.9 Å². The maximum absolute atomic E-state index is 5.75. The highest BCUT2D eigenvalue weighted by atomic mass is 16.5. The van der Waals surface area contributed by atoms with Crippen molar-refractivity contribution in [2.45, 2.75) is 20.8 Å². The second kappa shape index (κ2) is 8.29. The summed E-state index contributed by atoms with van der Waals surface area (Å²) in [6.45, 7) is 10.3. The fourth-order valence-electron chi connectivity index (χ4n) is 3.90. The number of nitrogens with zero attached hydrogens (tertiary/aromatic N) is 2. The Morgan fingerprint density at radius 1 is 1.00 bits per heavy atom. The molecule has 4 rings (SSSR count). The molecule has 0 aliphatic carbocycles. The molecule has 0 amide bonds. The second-order valence-electron chi connectivity index (χ2n) is 7.38. The zero-order valence-electron chi connectivity index (χ0n) is 17.6. The molecule has 0 radical (unpaired) electrons. The number of morpholine rings is 1. The highest BCUT2D eigenvalue weighted by Crippen LogP contribution is 2.35. The summed E-state index contributed by atoms with van der Waals surface area (Å²) in [4.78, 5) is 7.40. The monoisotopic (exact) mass is 392 g/mol. The SMILES string of the molecule is CCOc1cc(-c2cc(C)c3cc(N4CCOCC4)cc(C)c3n2)ccc1OC. The fraction of sp³-hybridized carbons (Fsp3) is 0.375. The molecule has 0 atom stereocenters. The molecule has 1 aromatic heterocycles. The number of fused-ring (bicyclic) bond motifs is 1. The largest absolute Gasteiger partial charge is 0.493 e. The zero-order chi connectivity index (χ0) is 20.4. The van der Waals surface area contributed by atoms with Gasteiger partial charge >= 0.3 is 0 Å². The Morgan fingerprint density at radius 3 is 2.52 bits per heavy atom. The van der Waals surface area contributed by atoms with E-state index in [1.807, 2.05) is 25.1 Å². The minimum absolute atomic E-state index is 0.591. The van der Waals surface area contributed by atoms with Crippen LogP contribution in [-0.2, 0) is 4.74 Å². The maximum atomic E-state index is 5.75. The van der Waals surface area contributed by atoms with Crippen LogP contribution < -0.4 is 14.4 Å². The van der Waals surface area contributed by atoms with E-state index < -0.39 is 0 Å². The lowest BCUT2D eigenvalue weighted by atomic mass is 10.0. The number of methoxy groups -OCH3 is 1. The Kier molecular flexibility index (Phi) is 5.58. The van der Waals surface area contributed by atoms with E-state index in [0.29, 0.717) is 6.61 Å². The van der Waals surface area contributed by atoms with Gasteiger partial charge in [0, 0.05) is 29.7 Å². The van der Waals surface area contributed by atoms with Gasteiger partial charge in [0.05, 0.1) is 38.1 Å². The predicted molar refractivity (Wildman–Crippen MR) is 117 cm³/mol. The van der Waals surface area contributed by atoms with E-state index in [4.69, 9.17) is 19.2 Å². The standard InChI is InChI=1S/C24H28N2O3/c1-5-29-23-14-18(6-7-22(23)27-4)21-13-16(2)20-15-19(12-17(3)24(20)25-21)26-8-10-28-11-9-26/h6-7,12-15H,5,8-11H2,1-4H3. The first-order valence-electron chi connectivity index (χ1n) is 10.2. The number of hydrogen-bond acceptors (Lipinski definition) is 5. The first kappa shape index (κ1) is 19.5. The molecule has 2 aromatic carbocycles. The third-order valence-corrected chi connectivity index (χ3v) is 5.43. The van der Waals surface area contributed by atoms with Crippen LogP contribution in [0.15, 0.2) is 36.4 Å². The molecule has 0 saturated carbocycles. The molecule has 0 bridgehead atoms. The molecule has 5 nitrogen and oxygen atoms in total. The molecule has 1 saturated heterocycles. The number of anilines is 1. The summed E-state index contributed by atoms with van der Waals surface area (Å²) in [5, 5.41) is 1.20. The number of benzene rings is 2. The van der Waals surface area contributed by atoms with Gasteiger partial charge in [0.2, 0.25) is 0 Å². The van der Waals surface area contributed by atoms with Gasteiger partial charge in [-0.15, -0.1) is 0 Å². The van der Waals surface area contributed by atoms with Crippen molar-refractivity contribution < 1.29 is 14.2 Å². The Labute approximate surface area is 172 Å². The number of aromatic nitrogens is 1. The van der Waals surface area contributed by atoms with Crippen molar-refractivity contribution in [3.05, 3.63) is 47.5 Å². The van der Waals surface area contributed by atoms with Gasteiger partial charge in [-0.25, -0.2) is 4.98 Å². The Morgan fingerprint density at radius 2 is 1.79 bits per heavy atom. The fourth-order valence-corrected chi connectivity index (χ4v) is 3.90. The quantitative estimate of drug-likeness (QED) is 0.626. The summed E-state index contributed by atoms with van der Waals surface area (Å²) in [6, 6.07) is 12.6. The van der Waals surface area contributed by atoms with Gasteiger partial charge in [-0.3, -0.25) is 0 Å². The summed E-state index contributed by atoms with van der Waals surface area (Å²) in [6.07, 6.45) is 0.